The summed E-state index contributed by atoms with van der Waals surface area (Å²) in [6.07, 6.45) is 2.58. The summed E-state index contributed by atoms with van der Waals surface area (Å²) in [5.41, 5.74) is 1.77. The Hall–Kier alpha value is -0.650. The Kier molecular flexibility index (Phi) is 3.46. The topological polar surface area (TPSA) is 57.5 Å². The van der Waals surface area contributed by atoms with Crippen LogP contribution in [0.3, 0.4) is 0 Å². The second kappa shape index (κ2) is 4.39. The normalized spacial score (nSPS) is 10.6. The summed E-state index contributed by atoms with van der Waals surface area (Å²) in [6, 6.07) is 1.67. The Labute approximate surface area is 82.4 Å². The van der Waals surface area contributed by atoms with Crippen molar-refractivity contribution in [3.05, 3.63) is 21.8 Å². The number of nitrogens with one attached hydrogen (secondary N) is 1. The number of nitrogens with zero attached hydrogens (tertiary/aromatic N) is 2. The van der Waals surface area contributed by atoms with E-state index in [0.29, 0.717) is 15.3 Å². The molecule has 0 fully saturated rings. The van der Waals surface area contributed by atoms with Gasteiger partial charge in [-0.1, -0.05) is 11.6 Å². The molecule has 0 bridgehead atoms. The fraction of sp³-hybridized carbons (Fsp3) is 0. The van der Waals surface area contributed by atoms with E-state index in [-0.39, 0.29) is 0 Å². The lowest BCUT2D eigenvalue weighted by Crippen LogP contribution is -2.01. The lowest BCUT2D eigenvalue weighted by atomic mass is 10.5. The maximum Gasteiger partial charge on any atom is 0.168 e. The predicted molar refractivity (Wildman–Crippen MR) is 50.0 cm³/mol. The Balaban J connectivity index is 2.94. The molecule has 0 aromatic carbocycles. The minimum absolute atomic E-state index is 0.445. The van der Waals surface area contributed by atoms with Crippen molar-refractivity contribution < 1.29 is 5.21 Å². The van der Waals surface area contributed by atoms with Crippen molar-refractivity contribution in [3.63, 3.8) is 0 Å². The first-order valence-corrected chi connectivity index (χ1v) is 4.14. The number of aromatic nitrogens is 1. The van der Waals surface area contributed by atoms with Crippen LogP contribution in [0.2, 0.25) is 5.02 Å². The van der Waals surface area contributed by atoms with Crippen LogP contribution in [0.25, 0.3) is 0 Å². The molecule has 6 heteroatoms. The minimum atomic E-state index is 0.445. The molecule has 1 aromatic heterocycles. The van der Waals surface area contributed by atoms with Crippen LogP contribution in [0.15, 0.2) is 21.7 Å². The molecular weight excluding hydrogens is 245 g/mol. The SMILES string of the molecule is ON/C=N/c1ncc(Cl)cc1Br. The number of halogens is 2. The predicted octanol–water partition coefficient (Wildman–Crippen LogP) is 2.14. The maximum absolute atomic E-state index is 8.20. The molecule has 0 unspecified atom stereocenters. The van der Waals surface area contributed by atoms with Gasteiger partial charge in [-0.3, -0.25) is 10.7 Å². The molecule has 0 aliphatic rings. The molecule has 4 nitrogen and oxygen atoms in total. The summed E-state index contributed by atoms with van der Waals surface area (Å²) in [5, 5.41) is 8.73. The maximum atomic E-state index is 8.20. The fourth-order valence-corrected chi connectivity index (χ4v) is 1.33. The molecule has 2 N–H and O–H groups in total. The van der Waals surface area contributed by atoms with Gasteiger partial charge in [-0.15, -0.1) is 0 Å². The largest absolute Gasteiger partial charge is 0.290 e. The van der Waals surface area contributed by atoms with Gasteiger partial charge in [0.1, 0.15) is 6.34 Å². The highest BCUT2D eigenvalue weighted by Crippen LogP contribution is 2.24. The third kappa shape index (κ3) is 2.44. The molecule has 0 spiro atoms. The van der Waals surface area contributed by atoms with Gasteiger partial charge in [-0.05, 0) is 22.0 Å². The molecule has 0 atom stereocenters. The summed E-state index contributed by atoms with van der Waals surface area (Å²) in [6.45, 7) is 0. The number of pyridine rings is 1. The van der Waals surface area contributed by atoms with E-state index < -0.39 is 0 Å². The number of hydrogen-bond acceptors (Lipinski definition) is 3. The van der Waals surface area contributed by atoms with Gasteiger partial charge in [0.2, 0.25) is 0 Å². The van der Waals surface area contributed by atoms with Gasteiger partial charge in [0.05, 0.1) is 9.50 Å². The van der Waals surface area contributed by atoms with Crippen molar-refractivity contribution in [3.8, 4) is 0 Å². The quantitative estimate of drug-likeness (QED) is 0.480. The van der Waals surface area contributed by atoms with Crippen molar-refractivity contribution in [2.75, 3.05) is 0 Å². The lowest BCUT2D eigenvalue weighted by molar-refractivity contribution is 0.240. The summed E-state index contributed by atoms with van der Waals surface area (Å²) in [7, 11) is 0. The Morgan fingerprint density at radius 3 is 3.08 bits per heavy atom. The van der Waals surface area contributed by atoms with Crippen molar-refractivity contribution in [1.29, 1.82) is 0 Å². The third-order valence-corrected chi connectivity index (χ3v) is 1.82. The number of aliphatic imine (C=N–C) groups is 1. The van der Waals surface area contributed by atoms with E-state index in [1.54, 1.807) is 11.5 Å². The highest BCUT2D eigenvalue weighted by molar-refractivity contribution is 9.10. The average Bonchev–Trinajstić information content (AvgIpc) is 2.03. The van der Waals surface area contributed by atoms with Crippen LogP contribution >= 0.6 is 27.5 Å². The van der Waals surface area contributed by atoms with E-state index in [1.165, 1.54) is 6.20 Å². The van der Waals surface area contributed by atoms with Gasteiger partial charge >= 0.3 is 0 Å². The summed E-state index contributed by atoms with van der Waals surface area (Å²) in [5.74, 6) is 0.445. The second-order valence-corrected chi connectivity index (χ2v) is 3.14. The first kappa shape index (κ1) is 9.44. The molecule has 0 saturated carbocycles. The van der Waals surface area contributed by atoms with Crippen molar-refractivity contribution in [2.24, 2.45) is 4.99 Å². The summed E-state index contributed by atoms with van der Waals surface area (Å²) >= 11 is 8.85. The Bertz CT molecular complexity index is 305. The van der Waals surface area contributed by atoms with Gasteiger partial charge in [0.25, 0.3) is 0 Å². The third-order valence-electron chi connectivity index (χ3n) is 1.03. The molecule has 0 radical (unpaired) electrons. The van der Waals surface area contributed by atoms with Gasteiger partial charge in [-0.2, -0.15) is 0 Å². The zero-order valence-electron chi connectivity index (χ0n) is 5.83. The average molecular weight is 250 g/mol. The van der Waals surface area contributed by atoms with Crippen molar-refractivity contribution in [1.82, 2.24) is 10.5 Å². The number of rotatable bonds is 2. The van der Waals surface area contributed by atoms with E-state index >= 15 is 0 Å². The van der Waals surface area contributed by atoms with Crippen LogP contribution in [0, 0.1) is 0 Å². The van der Waals surface area contributed by atoms with Gasteiger partial charge in [0, 0.05) is 6.20 Å². The van der Waals surface area contributed by atoms with Crippen molar-refractivity contribution >= 4 is 39.7 Å². The molecule has 12 heavy (non-hydrogen) atoms. The minimum Gasteiger partial charge on any atom is -0.290 e. The van der Waals surface area contributed by atoms with Crippen molar-refractivity contribution in [2.45, 2.75) is 0 Å². The standard InChI is InChI=1S/C6H5BrClN3O/c7-5-1-4(8)2-9-6(5)10-3-11-12/h1-3,12H,(H,9,10,11). The van der Waals surface area contributed by atoms with E-state index in [1.807, 2.05) is 0 Å². The summed E-state index contributed by atoms with van der Waals surface area (Å²) in [4.78, 5) is 7.65. The van der Waals surface area contributed by atoms with Crippen LogP contribution in [0.1, 0.15) is 0 Å². The Morgan fingerprint density at radius 1 is 1.75 bits per heavy atom. The van der Waals surface area contributed by atoms with Crippen LogP contribution in [-0.2, 0) is 0 Å². The first-order valence-electron chi connectivity index (χ1n) is 2.97. The molecular formula is C6H5BrClN3O. The number of hydrogen-bond donors (Lipinski definition) is 2. The van der Waals surface area contributed by atoms with E-state index in [9.17, 15) is 0 Å². The zero-order chi connectivity index (χ0) is 8.97. The molecule has 1 aromatic rings. The molecule has 0 saturated heterocycles. The fourth-order valence-electron chi connectivity index (χ4n) is 0.592. The highest BCUT2D eigenvalue weighted by Gasteiger charge is 1.98. The van der Waals surface area contributed by atoms with Crippen LogP contribution in [-0.4, -0.2) is 16.5 Å². The van der Waals surface area contributed by atoms with Crippen LogP contribution in [0.5, 0.6) is 0 Å². The lowest BCUT2D eigenvalue weighted by Gasteiger charge is -1.96. The molecule has 1 heterocycles. The molecule has 0 aliphatic heterocycles. The highest BCUT2D eigenvalue weighted by atomic mass is 79.9. The smallest absolute Gasteiger partial charge is 0.168 e. The van der Waals surface area contributed by atoms with E-state index in [2.05, 4.69) is 25.9 Å². The molecule has 0 amide bonds. The van der Waals surface area contributed by atoms with Crippen LogP contribution in [0.4, 0.5) is 5.82 Å². The summed E-state index contributed by atoms with van der Waals surface area (Å²) < 4.78 is 0.668. The van der Waals surface area contributed by atoms with Gasteiger partial charge in [-0.25, -0.2) is 9.98 Å². The van der Waals surface area contributed by atoms with Crippen LogP contribution < -0.4 is 5.48 Å². The van der Waals surface area contributed by atoms with Gasteiger partial charge < -0.3 is 0 Å². The Morgan fingerprint density at radius 2 is 2.50 bits per heavy atom. The van der Waals surface area contributed by atoms with Gasteiger partial charge in [0.15, 0.2) is 5.82 Å². The molecule has 0 aliphatic carbocycles. The second-order valence-electron chi connectivity index (χ2n) is 1.85. The monoisotopic (exact) mass is 249 g/mol. The molecule has 1 rings (SSSR count). The van der Waals surface area contributed by atoms with E-state index in [0.717, 1.165) is 6.34 Å². The zero-order valence-corrected chi connectivity index (χ0v) is 8.17. The number of hydroxylamine groups is 1. The first-order chi connectivity index (χ1) is 5.74. The molecule has 64 valence electrons. The van der Waals surface area contributed by atoms with E-state index in [4.69, 9.17) is 16.8 Å².